The molecule has 0 radical (unpaired) electrons. The van der Waals surface area contributed by atoms with Crippen LogP contribution in [0, 0.1) is 29.7 Å². The van der Waals surface area contributed by atoms with Crippen LogP contribution in [0.25, 0.3) is 0 Å². The van der Waals surface area contributed by atoms with Gasteiger partial charge in [0.1, 0.15) is 0 Å². The minimum absolute atomic E-state index is 0. The molecule has 0 aliphatic rings. The Morgan fingerprint density at radius 3 is 1.39 bits per heavy atom. The molecule has 0 spiro atoms. The maximum Gasteiger partial charge on any atom is 5.00 e. The molecule has 0 heterocycles. The SMILES string of the molecule is CC(C)(C)c1cc[c-](C(C)(C)C)c1.[CH3-].[CH3-].[CH3-].[CH3-].[Ta+5]. The maximum atomic E-state index is 2.33. The number of hydrogen-bond acceptors (Lipinski definition) is 0. The second kappa shape index (κ2) is 9.95. The maximum absolute atomic E-state index is 2.33. The van der Waals surface area contributed by atoms with Gasteiger partial charge >= 0.3 is 22.4 Å². The summed E-state index contributed by atoms with van der Waals surface area (Å²) in [5, 5.41) is 0. The molecule has 0 aliphatic heterocycles. The summed E-state index contributed by atoms with van der Waals surface area (Å²) in [5.41, 5.74) is 3.45. The summed E-state index contributed by atoms with van der Waals surface area (Å²) >= 11 is 0. The van der Waals surface area contributed by atoms with E-state index < -0.39 is 0 Å². The zero-order valence-electron chi connectivity index (χ0n) is 14.2. The average molecular weight is 418 g/mol. The summed E-state index contributed by atoms with van der Waals surface area (Å²) in [6.45, 7) is 13.6. The molecule has 0 saturated heterocycles. The van der Waals surface area contributed by atoms with Crippen LogP contribution in [0.3, 0.4) is 0 Å². The van der Waals surface area contributed by atoms with E-state index in [1.165, 1.54) is 11.1 Å². The molecule has 1 aromatic carbocycles. The van der Waals surface area contributed by atoms with E-state index in [4.69, 9.17) is 0 Å². The summed E-state index contributed by atoms with van der Waals surface area (Å²) in [5.74, 6) is 0. The van der Waals surface area contributed by atoms with E-state index in [0.29, 0.717) is 0 Å². The van der Waals surface area contributed by atoms with Crippen molar-refractivity contribution in [1.82, 2.24) is 0 Å². The van der Waals surface area contributed by atoms with Crippen LogP contribution >= 0.6 is 0 Å². The van der Waals surface area contributed by atoms with Gasteiger partial charge in [-0.2, -0.15) is 23.3 Å². The molecule has 1 heteroatoms. The van der Waals surface area contributed by atoms with Crippen molar-refractivity contribution in [1.29, 1.82) is 0 Å². The largest absolute Gasteiger partial charge is 5.00 e. The van der Waals surface area contributed by atoms with E-state index in [2.05, 4.69) is 59.7 Å². The molecule has 0 fully saturated rings. The Balaban J connectivity index is -0.000000113. The first-order valence-electron chi connectivity index (χ1n) is 4.99. The third-order valence-corrected chi connectivity index (χ3v) is 2.49. The van der Waals surface area contributed by atoms with Gasteiger partial charge in [0.15, 0.2) is 0 Å². The Kier molecular flexibility index (Phi) is 17.0. The van der Waals surface area contributed by atoms with Crippen molar-refractivity contribution in [3.63, 3.8) is 0 Å². The van der Waals surface area contributed by atoms with Crippen LogP contribution in [0.5, 0.6) is 0 Å². The fourth-order valence-electron chi connectivity index (χ4n) is 1.38. The van der Waals surface area contributed by atoms with Gasteiger partial charge in [-0.3, -0.25) is 0 Å². The molecule has 0 aliphatic carbocycles. The number of rotatable bonds is 0. The first-order chi connectivity index (χ1) is 5.71. The third kappa shape index (κ3) is 8.24. The van der Waals surface area contributed by atoms with Gasteiger partial charge < -0.3 is 29.7 Å². The van der Waals surface area contributed by atoms with Crippen molar-refractivity contribution in [2.24, 2.45) is 0 Å². The van der Waals surface area contributed by atoms with Crippen molar-refractivity contribution in [2.75, 3.05) is 0 Å². The zero-order valence-corrected chi connectivity index (χ0v) is 17.4. The topological polar surface area (TPSA) is 0 Å². The van der Waals surface area contributed by atoms with Crippen molar-refractivity contribution >= 4 is 0 Å². The first-order valence-corrected chi connectivity index (χ1v) is 4.99. The van der Waals surface area contributed by atoms with E-state index in [0.717, 1.165) is 0 Å². The fourth-order valence-corrected chi connectivity index (χ4v) is 1.38. The number of hydrogen-bond donors (Lipinski definition) is 0. The Morgan fingerprint density at radius 1 is 0.833 bits per heavy atom. The van der Waals surface area contributed by atoms with Crippen molar-refractivity contribution in [3.8, 4) is 0 Å². The first kappa shape index (κ1) is 30.8. The summed E-state index contributed by atoms with van der Waals surface area (Å²) in [6.07, 6.45) is 0. The van der Waals surface area contributed by atoms with Crippen LogP contribution in [-0.2, 0) is 33.2 Å². The molecular formula is C17H33Ta. The smallest absolute Gasteiger partial charge is 0.358 e. The standard InChI is InChI=1S/C13H21.4CH3.Ta/c1-12(2,3)10-7-8-11(9-10)13(4,5)6;;;;;/h7-9H,1-6H3;4*1H3;/q5*-1;+5. The van der Waals surface area contributed by atoms with Crippen LogP contribution < -0.4 is 0 Å². The van der Waals surface area contributed by atoms with Gasteiger partial charge in [0.05, 0.1) is 0 Å². The fraction of sp³-hybridized carbons (Fsp3) is 0.471. The molecule has 0 unspecified atom stereocenters. The molecule has 0 amide bonds. The van der Waals surface area contributed by atoms with Gasteiger partial charge in [0, 0.05) is 0 Å². The minimum Gasteiger partial charge on any atom is -0.358 e. The summed E-state index contributed by atoms with van der Waals surface area (Å²) < 4.78 is 0. The van der Waals surface area contributed by atoms with E-state index in [1.807, 2.05) is 0 Å². The molecular weight excluding hydrogens is 385 g/mol. The molecule has 0 nitrogen and oxygen atoms in total. The molecule has 1 rings (SSSR count). The molecule has 0 aromatic heterocycles. The molecule has 0 N–H and O–H groups in total. The van der Waals surface area contributed by atoms with Crippen LogP contribution in [0.1, 0.15) is 52.7 Å². The van der Waals surface area contributed by atoms with Crippen molar-refractivity contribution < 1.29 is 22.4 Å². The van der Waals surface area contributed by atoms with Gasteiger partial charge in [-0.1, -0.05) is 52.4 Å². The predicted molar refractivity (Wildman–Crippen MR) is 85.1 cm³/mol. The summed E-state index contributed by atoms with van der Waals surface area (Å²) in [7, 11) is 0. The van der Waals surface area contributed by atoms with E-state index in [1.54, 1.807) is 0 Å². The van der Waals surface area contributed by atoms with Crippen LogP contribution in [0.4, 0.5) is 0 Å². The molecule has 18 heavy (non-hydrogen) atoms. The second-order valence-corrected chi connectivity index (χ2v) is 5.89. The minimum atomic E-state index is 0. The third-order valence-electron chi connectivity index (χ3n) is 2.49. The van der Waals surface area contributed by atoms with Gasteiger partial charge in [0.2, 0.25) is 0 Å². The quantitative estimate of drug-likeness (QED) is 0.467. The molecule has 0 bridgehead atoms. The molecule has 106 valence electrons. The zero-order chi connectivity index (χ0) is 10.3. The van der Waals surface area contributed by atoms with E-state index in [9.17, 15) is 0 Å². The Labute approximate surface area is 133 Å². The van der Waals surface area contributed by atoms with Gasteiger partial charge in [-0.05, 0) is 0 Å². The van der Waals surface area contributed by atoms with Crippen molar-refractivity contribution in [3.05, 3.63) is 59.0 Å². The summed E-state index contributed by atoms with van der Waals surface area (Å²) in [4.78, 5) is 0. The summed E-state index contributed by atoms with van der Waals surface area (Å²) in [6, 6.07) is 6.83. The Bertz CT molecular complexity index is 253. The Morgan fingerprint density at radius 2 is 1.22 bits per heavy atom. The molecule has 0 saturated carbocycles. The van der Waals surface area contributed by atoms with Gasteiger partial charge in [-0.15, -0.1) is 0 Å². The van der Waals surface area contributed by atoms with Crippen LogP contribution in [0.2, 0.25) is 0 Å². The van der Waals surface area contributed by atoms with Crippen molar-refractivity contribution in [2.45, 2.75) is 52.4 Å². The monoisotopic (exact) mass is 418 g/mol. The van der Waals surface area contributed by atoms with Gasteiger partial charge in [0.25, 0.3) is 0 Å². The Hall–Kier alpha value is 0.0903. The van der Waals surface area contributed by atoms with E-state index >= 15 is 0 Å². The van der Waals surface area contributed by atoms with Crippen LogP contribution in [-0.4, -0.2) is 0 Å². The normalized spacial score (nSPS) is 9.67. The second-order valence-electron chi connectivity index (χ2n) is 5.89. The van der Waals surface area contributed by atoms with Gasteiger partial charge in [-0.25, -0.2) is 6.07 Å². The van der Waals surface area contributed by atoms with E-state index in [-0.39, 0.29) is 62.9 Å². The predicted octanol–water partition coefficient (Wildman–Crippen LogP) is 5.80. The van der Waals surface area contributed by atoms with Crippen LogP contribution in [0.15, 0.2) is 18.2 Å². The molecule has 1 aromatic rings. The molecule has 0 atom stereocenters. The average Bonchev–Trinajstić information content (AvgIpc) is 2.28.